The minimum Gasteiger partial charge on any atom is -0.0840 e. The summed E-state index contributed by atoms with van der Waals surface area (Å²) in [5.74, 6) is 0. The molecule has 0 saturated heterocycles. The van der Waals surface area contributed by atoms with Crippen LogP contribution in [0, 0.1) is 0 Å². The predicted molar refractivity (Wildman–Crippen MR) is 98.1 cm³/mol. The molecular weight excluding hydrogens is 288 g/mol. The van der Waals surface area contributed by atoms with Gasteiger partial charge in [-0.25, -0.2) is 0 Å². The van der Waals surface area contributed by atoms with Crippen molar-refractivity contribution >= 4 is 11.6 Å². The second-order valence-electron chi connectivity index (χ2n) is 8.19. The second kappa shape index (κ2) is 6.08. The Labute approximate surface area is 140 Å². The van der Waals surface area contributed by atoms with Gasteiger partial charge in [-0.1, -0.05) is 89.5 Å². The van der Waals surface area contributed by atoms with Crippen LogP contribution in [0.15, 0.2) is 42.5 Å². The Morgan fingerprint density at radius 2 is 1.27 bits per heavy atom. The number of benzene rings is 2. The minimum atomic E-state index is 0.149. The Bertz CT molecular complexity index is 622. The minimum absolute atomic E-state index is 0.149. The number of halogens is 1. The van der Waals surface area contributed by atoms with Gasteiger partial charge in [0.1, 0.15) is 0 Å². The van der Waals surface area contributed by atoms with Crippen LogP contribution in [0.5, 0.6) is 0 Å². The van der Waals surface area contributed by atoms with Gasteiger partial charge in [-0.15, -0.1) is 0 Å². The van der Waals surface area contributed by atoms with Crippen LogP contribution < -0.4 is 0 Å². The molecule has 0 bridgehead atoms. The fourth-order valence-electron chi connectivity index (χ4n) is 2.52. The van der Waals surface area contributed by atoms with Crippen molar-refractivity contribution in [3.8, 4) is 0 Å². The van der Waals surface area contributed by atoms with Crippen LogP contribution in [0.4, 0.5) is 0 Å². The molecule has 22 heavy (non-hydrogen) atoms. The lowest BCUT2D eigenvalue weighted by molar-refractivity contribution is 0.567. The summed E-state index contributed by atoms with van der Waals surface area (Å²) in [4.78, 5) is 0. The van der Waals surface area contributed by atoms with Crippen molar-refractivity contribution in [3.05, 3.63) is 69.7 Å². The molecule has 2 aromatic rings. The van der Waals surface area contributed by atoms with E-state index in [1.807, 2.05) is 12.1 Å². The van der Waals surface area contributed by atoms with E-state index in [2.05, 4.69) is 71.9 Å². The molecule has 0 heterocycles. The van der Waals surface area contributed by atoms with Crippen molar-refractivity contribution in [2.24, 2.45) is 0 Å². The number of rotatable bonds is 2. The third-order valence-corrected chi connectivity index (χ3v) is 4.45. The molecule has 0 aliphatic heterocycles. The molecule has 0 aromatic heterocycles. The highest BCUT2D eigenvalue weighted by Crippen LogP contribution is 2.31. The lowest BCUT2D eigenvalue weighted by Gasteiger charge is -2.26. The summed E-state index contributed by atoms with van der Waals surface area (Å²) in [6.07, 6.45) is 0.882. The maximum atomic E-state index is 6.33. The molecule has 0 amide bonds. The van der Waals surface area contributed by atoms with Gasteiger partial charge in [0.15, 0.2) is 0 Å². The van der Waals surface area contributed by atoms with Crippen molar-refractivity contribution in [2.75, 3.05) is 0 Å². The second-order valence-corrected chi connectivity index (χ2v) is 8.59. The Hall–Kier alpha value is -1.27. The molecule has 118 valence electrons. The van der Waals surface area contributed by atoms with Gasteiger partial charge in [0.2, 0.25) is 0 Å². The fourth-order valence-corrected chi connectivity index (χ4v) is 2.72. The first kappa shape index (κ1) is 17.1. The highest BCUT2D eigenvalue weighted by molar-refractivity contribution is 6.31. The van der Waals surface area contributed by atoms with E-state index in [0.717, 1.165) is 11.4 Å². The van der Waals surface area contributed by atoms with Crippen LogP contribution in [0.3, 0.4) is 0 Å². The summed E-state index contributed by atoms with van der Waals surface area (Å²) in [6, 6.07) is 15.1. The van der Waals surface area contributed by atoms with Gasteiger partial charge in [-0.05, 0) is 45.6 Å². The summed E-state index contributed by atoms with van der Waals surface area (Å²) in [7, 11) is 0. The molecule has 0 aliphatic rings. The quantitative estimate of drug-likeness (QED) is 0.591. The van der Waals surface area contributed by atoms with Crippen LogP contribution in [-0.2, 0) is 17.3 Å². The molecule has 0 saturated carbocycles. The summed E-state index contributed by atoms with van der Waals surface area (Å²) in [5.41, 5.74) is 5.61. The van der Waals surface area contributed by atoms with E-state index in [9.17, 15) is 0 Å². The Kier molecular flexibility index (Phi) is 4.73. The summed E-state index contributed by atoms with van der Waals surface area (Å²) >= 11 is 6.33. The highest BCUT2D eigenvalue weighted by Gasteiger charge is 2.20. The van der Waals surface area contributed by atoms with Crippen LogP contribution in [0.2, 0.25) is 5.02 Å². The molecular formula is C21H27Cl. The third kappa shape index (κ3) is 4.14. The fraction of sp³-hybridized carbons (Fsp3) is 0.429. The normalized spacial score (nSPS) is 12.5. The number of hydrogen-bond acceptors (Lipinski definition) is 0. The van der Waals surface area contributed by atoms with Gasteiger partial charge < -0.3 is 0 Å². The lowest BCUT2D eigenvalue weighted by atomic mass is 9.79. The van der Waals surface area contributed by atoms with E-state index in [4.69, 9.17) is 11.6 Å². The first-order valence-corrected chi connectivity index (χ1v) is 8.33. The highest BCUT2D eigenvalue weighted by atomic mass is 35.5. The summed E-state index contributed by atoms with van der Waals surface area (Å²) < 4.78 is 0. The molecule has 0 unspecified atom stereocenters. The van der Waals surface area contributed by atoms with Gasteiger partial charge in [0, 0.05) is 5.02 Å². The van der Waals surface area contributed by atoms with E-state index >= 15 is 0 Å². The van der Waals surface area contributed by atoms with E-state index in [0.29, 0.717) is 0 Å². The molecule has 0 radical (unpaired) electrons. The Balaban J connectivity index is 2.49. The van der Waals surface area contributed by atoms with Crippen molar-refractivity contribution in [1.82, 2.24) is 0 Å². The smallest absolute Gasteiger partial charge is 0.0441 e. The zero-order valence-electron chi connectivity index (χ0n) is 14.6. The average Bonchev–Trinajstić information content (AvgIpc) is 2.39. The zero-order valence-corrected chi connectivity index (χ0v) is 15.4. The largest absolute Gasteiger partial charge is 0.0840 e. The maximum Gasteiger partial charge on any atom is 0.0441 e. The van der Waals surface area contributed by atoms with Crippen molar-refractivity contribution in [1.29, 1.82) is 0 Å². The zero-order chi connectivity index (χ0) is 16.5. The first-order valence-electron chi connectivity index (χ1n) is 7.96. The average molecular weight is 315 g/mol. The molecule has 0 N–H and O–H groups in total. The summed E-state index contributed by atoms with van der Waals surface area (Å²) in [5, 5.41) is 0.848. The molecule has 0 atom stereocenters. The Morgan fingerprint density at radius 3 is 1.73 bits per heavy atom. The van der Waals surface area contributed by atoms with Crippen LogP contribution in [-0.4, -0.2) is 0 Å². The van der Waals surface area contributed by atoms with Crippen molar-refractivity contribution in [2.45, 2.75) is 58.8 Å². The summed E-state index contributed by atoms with van der Waals surface area (Å²) in [6.45, 7) is 13.6. The van der Waals surface area contributed by atoms with E-state index < -0.39 is 0 Å². The Morgan fingerprint density at radius 1 is 0.773 bits per heavy atom. The molecule has 2 rings (SSSR count). The topological polar surface area (TPSA) is 0 Å². The molecule has 2 aromatic carbocycles. The van der Waals surface area contributed by atoms with Crippen LogP contribution >= 0.6 is 11.6 Å². The van der Waals surface area contributed by atoms with Crippen molar-refractivity contribution < 1.29 is 0 Å². The lowest BCUT2D eigenvalue weighted by Crippen LogP contribution is -2.17. The number of hydrogen-bond donors (Lipinski definition) is 0. The molecule has 0 aliphatic carbocycles. The predicted octanol–water partition coefficient (Wildman–Crippen LogP) is 6.53. The van der Waals surface area contributed by atoms with E-state index in [-0.39, 0.29) is 10.8 Å². The maximum absolute atomic E-state index is 6.33. The van der Waals surface area contributed by atoms with Crippen molar-refractivity contribution in [3.63, 3.8) is 0 Å². The van der Waals surface area contributed by atoms with Gasteiger partial charge in [-0.3, -0.25) is 0 Å². The molecule has 0 spiro atoms. The van der Waals surface area contributed by atoms with Gasteiger partial charge in [-0.2, -0.15) is 0 Å². The first-order chi connectivity index (χ1) is 10.1. The standard InChI is InChI=1S/C21H27Cl/c1-20(2,3)17-12-15(13-18(14-17)21(4,5)6)11-16-9-7-8-10-19(16)22/h7-10,12-14H,11H2,1-6H3. The van der Waals surface area contributed by atoms with E-state index in [1.165, 1.54) is 22.3 Å². The molecule has 0 nitrogen and oxygen atoms in total. The SMILES string of the molecule is CC(C)(C)c1cc(Cc2ccccc2Cl)cc(C(C)(C)C)c1. The molecule has 1 heteroatoms. The molecule has 0 fully saturated rings. The van der Waals surface area contributed by atoms with Crippen LogP contribution in [0.1, 0.15) is 63.8 Å². The van der Waals surface area contributed by atoms with Crippen LogP contribution in [0.25, 0.3) is 0 Å². The van der Waals surface area contributed by atoms with Gasteiger partial charge in [0.05, 0.1) is 0 Å². The van der Waals surface area contributed by atoms with Gasteiger partial charge >= 0.3 is 0 Å². The monoisotopic (exact) mass is 314 g/mol. The third-order valence-electron chi connectivity index (χ3n) is 4.08. The van der Waals surface area contributed by atoms with E-state index in [1.54, 1.807) is 0 Å². The van der Waals surface area contributed by atoms with Gasteiger partial charge in [0.25, 0.3) is 0 Å².